The molecule has 0 fully saturated rings. The first-order valence-corrected chi connectivity index (χ1v) is 10.2. The largest absolute Gasteiger partial charge is 0.490 e. The van der Waals surface area contributed by atoms with E-state index < -0.39 is 16.0 Å². The van der Waals surface area contributed by atoms with E-state index in [2.05, 4.69) is 4.98 Å². The summed E-state index contributed by atoms with van der Waals surface area (Å²) in [5, 5.41) is 0. The van der Waals surface area contributed by atoms with Crippen LogP contribution in [0.5, 0.6) is 5.75 Å². The Balaban J connectivity index is 1.53. The van der Waals surface area contributed by atoms with Crippen LogP contribution in [0.2, 0.25) is 0 Å². The Morgan fingerprint density at radius 1 is 1.03 bits per heavy atom. The van der Waals surface area contributed by atoms with Gasteiger partial charge < -0.3 is 9.47 Å². The second kappa shape index (κ2) is 8.89. The number of aromatic nitrogens is 2. The van der Waals surface area contributed by atoms with Gasteiger partial charge in [-0.25, -0.2) is 22.5 Å². The highest BCUT2D eigenvalue weighted by Crippen LogP contribution is 2.18. The number of sulfonamides is 1. The van der Waals surface area contributed by atoms with Gasteiger partial charge in [0, 0.05) is 19.8 Å². The minimum Gasteiger partial charge on any atom is -0.490 e. The van der Waals surface area contributed by atoms with E-state index in [0.29, 0.717) is 11.4 Å². The van der Waals surface area contributed by atoms with E-state index in [1.807, 2.05) is 30.3 Å². The van der Waals surface area contributed by atoms with Gasteiger partial charge in [-0.05, 0) is 36.4 Å². The number of para-hydroxylation sites is 1. The van der Waals surface area contributed by atoms with Crippen molar-refractivity contribution in [3.05, 3.63) is 72.8 Å². The van der Waals surface area contributed by atoms with Gasteiger partial charge in [-0.3, -0.25) is 4.57 Å². The van der Waals surface area contributed by atoms with Crippen molar-refractivity contribution in [2.24, 2.45) is 0 Å². The lowest BCUT2D eigenvalue weighted by Gasteiger charge is -2.12. The van der Waals surface area contributed by atoms with Crippen LogP contribution in [0.3, 0.4) is 0 Å². The van der Waals surface area contributed by atoms with Gasteiger partial charge in [0.25, 0.3) is 0 Å². The maximum absolute atomic E-state index is 12.3. The van der Waals surface area contributed by atoms with Crippen LogP contribution in [0.4, 0.5) is 0 Å². The molecule has 0 atom stereocenters. The third-order valence-corrected chi connectivity index (χ3v) is 5.90. The molecular formula is C20H21N3O5S. The molecule has 0 bridgehead atoms. The molecule has 1 heterocycles. The van der Waals surface area contributed by atoms with Gasteiger partial charge in [0.1, 0.15) is 19.0 Å². The molecule has 8 nitrogen and oxygen atoms in total. The first-order valence-electron chi connectivity index (χ1n) is 8.80. The first-order chi connectivity index (χ1) is 13.9. The molecule has 0 unspecified atom stereocenters. The molecule has 0 aliphatic heterocycles. The molecule has 0 saturated carbocycles. The van der Waals surface area contributed by atoms with E-state index >= 15 is 0 Å². The monoisotopic (exact) mass is 415 g/mol. The Morgan fingerprint density at radius 2 is 1.72 bits per heavy atom. The van der Waals surface area contributed by atoms with Crippen molar-refractivity contribution < 1.29 is 22.7 Å². The van der Waals surface area contributed by atoms with Crippen LogP contribution in [0, 0.1) is 0 Å². The topological polar surface area (TPSA) is 90.7 Å². The van der Waals surface area contributed by atoms with Crippen molar-refractivity contribution in [3.8, 4) is 11.4 Å². The zero-order chi connectivity index (χ0) is 20.9. The summed E-state index contributed by atoms with van der Waals surface area (Å²) in [5.74, 6) is -0.0320. The summed E-state index contributed by atoms with van der Waals surface area (Å²) in [6.45, 7) is 0.168. The fourth-order valence-electron chi connectivity index (χ4n) is 2.53. The molecule has 2 aromatic carbocycles. The number of nitrogens with zero attached hydrogens (tertiary/aromatic N) is 3. The number of esters is 1. The lowest BCUT2D eigenvalue weighted by molar-refractivity contribution is 0.0441. The van der Waals surface area contributed by atoms with Crippen molar-refractivity contribution in [3.63, 3.8) is 0 Å². The lowest BCUT2D eigenvalue weighted by atomic mass is 10.3. The Kier molecular flexibility index (Phi) is 6.30. The first kappa shape index (κ1) is 20.6. The number of carbonyl (C=O) groups excluding carboxylic acids is 1. The molecule has 3 aromatic rings. The van der Waals surface area contributed by atoms with E-state index in [1.54, 1.807) is 23.0 Å². The van der Waals surface area contributed by atoms with Crippen LogP contribution in [-0.4, -0.2) is 55.6 Å². The molecule has 0 spiro atoms. The zero-order valence-corrected chi connectivity index (χ0v) is 16.9. The predicted molar refractivity (Wildman–Crippen MR) is 107 cm³/mol. The average Bonchev–Trinajstić information content (AvgIpc) is 3.22. The minimum absolute atomic E-state index is 0.0382. The second-order valence-corrected chi connectivity index (χ2v) is 8.38. The third kappa shape index (κ3) is 4.82. The number of hydrogen-bond donors (Lipinski definition) is 0. The smallest absolute Gasteiger partial charge is 0.357 e. The highest BCUT2D eigenvalue weighted by atomic mass is 32.2. The van der Waals surface area contributed by atoms with E-state index in [0.717, 1.165) is 9.99 Å². The summed E-state index contributed by atoms with van der Waals surface area (Å²) in [4.78, 5) is 16.5. The van der Waals surface area contributed by atoms with Gasteiger partial charge in [-0.2, -0.15) is 0 Å². The van der Waals surface area contributed by atoms with E-state index in [-0.39, 0.29) is 18.1 Å². The van der Waals surface area contributed by atoms with Crippen LogP contribution in [-0.2, 0) is 14.8 Å². The summed E-state index contributed by atoms with van der Waals surface area (Å²) in [6, 6.07) is 15.4. The Labute approximate surface area is 169 Å². The van der Waals surface area contributed by atoms with Crippen molar-refractivity contribution in [1.29, 1.82) is 0 Å². The van der Waals surface area contributed by atoms with Crippen LogP contribution in [0.15, 0.2) is 72.0 Å². The van der Waals surface area contributed by atoms with Crippen LogP contribution in [0.25, 0.3) is 5.69 Å². The predicted octanol–water partition coefficient (Wildman–Crippen LogP) is 2.36. The molecule has 1 aromatic heterocycles. The summed E-state index contributed by atoms with van der Waals surface area (Å²) in [6.07, 6.45) is 2.99. The van der Waals surface area contributed by atoms with Gasteiger partial charge in [-0.15, -0.1) is 0 Å². The summed E-state index contributed by atoms with van der Waals surface area (Å²) in [5.41, 5.74) is 1.12. The van der Waals surface area contributed by atoms with E-state index in [1.165, 1.54) is 32.4 Å². The molecular weight excluding hydrogens is 394 g/mol. The Morgan fingerprint density at radius 3 is 2.38 bits per heavy atom. The van der Waals surface area contributed by atoms with Crippen LogP contribution in [0.1, 0.15) is 10.5 Å². The molecule has 29 heavy (non-hydrogen) atoms. The van der Waals surface area contributed by atoms with Gasteiger partial charge >= 0.3 is 5.97 Å². The minimum atomic E-state index is -3.48. The quantitative estimate of drug-likeness (QED) is 0.414. The Bertz CT molecular complexity index is 1060. The summed E-state index contributed by atoms with van der Waals surface area (Å²) in [7, 11) is -0.542. The second-order valence-electron chi connectivity index (χ2n) is 6.23. The number of benzene rings is 2. The maximum Gasteiger partial charge on any atom is 0.357 e. The number of rotatable bonds is 8. The highest BCUT2D eigenvalue weighted by molar-refractivity contribution is 7.89. The van der Waals surface area contributed by atoms with Crippen molar-refractivity contribution in [2.75, 3.05) is 27.3 Å². The van der Waals surface area contributed by atoms with Gasteiger partial charge in [0.15, 0.2) is 5.69 Å². The molecule has 0 radical (unpaired) electrons. The number of hydrogen-bond acceptors (Lipinski definition) is 6. The van der Waals surface area contributed by atoms with E-state index in [4.69, 9.17) is 9.47 Å². The highest BCUT2D eigenvalue weighted by Gasteiger charge is 2.17. The molecule has 9 heteroatoms. The normalized spacial score (nSPS) is 11.4. The van der Waals surface area contributed by atoms with Crippen LogP contribution < -0.4 is 4.74 Å². The van der Waals surface area contributed by atoms with Crippen molar-refractivity contribution in [1.82, 2.24) is 13.9 Å². The van der Waals surface area contributed by atoms with Crippen molar-refractivity contribution in [2.45, 2.75) is 4.90 Å². The third-order valence-electron chi connectivity index (χ3n) is 4.07. The fraction of sp³-hybridized carbons (Fsp3) is 0.200. The molecule has 152 valence electrons. The molecule has 0 N–H and O–H groups in total. The lowest BCUT2D eigenvalue weighted by Crippen LogP contribution is -2.22. The van der Waals surface area contributed by atoms with Crippen LogP contribution >= 0.6 is 0 Å². The standard InChI is InChI=1S/C20H21N3O5S/c1-22(2)29(25,26)18-10-8-17(9-11-18)27-12-13-28-20(24)19-14-21-15-23(19)16-6-4-3-5-7-16/h3-11,14-15H,12-13H2,1-2H3. The molecule has 0 saturated heterocycles. The van der Waals surface area contributed by atoms with Gasteiger partial charge in [0.2, 0.25) is 10.0 Å². The number of ether oxygens (including phenoxy) is 2. The fourth-order valence-corrected chi connectivity index (χ4v) is 3.43. The SMILES string of the molecule is CN(C)S(=O)(=O)c1ccc(OCCOC(=O)c2cncn2-c2ccccc2)cc1. The molecule has 0 amide bonds. The molecule has 0 aliphatic carbocycles. The maximum atomic E-state index is 12.3. The van der Waals surface area contributed by atoms with E-state index in [9.17, 15) is 13.2 Å². The number of imidazole rings is 1. The molecule has 3 rings (SSSR count). The molecule has 0 aliphatic rings. The average molecular weight is 415 g/mol. The van der Waals surface area contributed by atoms with Gasteiger partial charge in [-0.1, -0.05) is 18.2 Å². The summed E-state index contributed by atoms with van der Waals surface area (Å²) >= 11 is 0. The number of carbonyl (C=O) groups is 1. The Hall–Kier alpha value is -3.17. The van der Waals surface area contributed by atoms with Gasteiger partial charge in [0.05, 0.1) is 17.4 Å². The zero-order valence-electron chi connectivity index (χ0n) is 16.1. The summed E-state index contributed by atoms with van der Waals surface area (Å²) < 4.78 is 37.6. The van der Waals surface area contributed by atoms with Crippen molar-refractivity contribution >= 4 is 16.0 Å².